The van der Waals surface area contributed by atoms with Crippen LogP contribution in [0.25, 0.3) is 10.8 Å². The highest BCUT2D eigenvalue weighted by Crippen LogP contribution is 2.44. The summed E-state index contributed by atoms with van der Waals surface area (Å²) in [6, 6.07) is 28.2. The topological polar surface area (TPSA) is 45.2 Å². The number of anilines is 2. The van der Waals surface area contributed by atoms with Crippen LogP contribution in [-0.4, -0.2) is 32.4 Å². The van der Waals surface area contributed by atoms with Gasteiger partial charge in [0, 0.05) is 30.0 Å². The summed E-state index contributed by atoms with van der Waals surface area (Å²) in [5, 5.41) is 13.2. The molecule has 0 unspecified atom stereocenters. The van der Waals surface area contributed by atoms with E-state index in [2.05, 4.69) is 46.2 Å². The van der Waals surface area contributed by atoms with Crippen molar-refractivity contribution in [2.75, 3.05) is 37.1 Å². The van der Waals surface area contributed by atoms with Gasteiger partial charge in [-0.15, -0.1) is 0 Å². The molecule has 162 valence electrons. The molecule has 0 bridgehead atoms. The predicted octanol–water partition coefficient (Wildman–Crippen LogP) is 5.59. The van der Waals surface area contributed by atoms with Crippen molar-refractivity contribution in [2.45, 2.75) is 6.17 Å². The largest absolute Gasteiger partial charge is 0.507 e. The SMILES string of the molecule is COc1ccc(N2CCN(c3ccc(OC)cc3)C2c2c(O)ccc3ccccc23)cc1. The smallest absolute Gasteiger partial charge is 0.132 e. The fraction of sp³-hybridized carbons (Fsp3) is 0.185. The fourth-order valence-electron chi connectivity index (χ4n) is 4.58. The lowest BCUT2D eigenvalue weighted by Crippen LogP contribution is -2.31. The van der Waals surface area contributed by atoms with E-state index in [4.69, 9.17) is 9.47 Å². The number of methoxy groups -OCH3 is 2. The Labute approximate surface area is 188 Å². The van der Waals surface area contributed by atoms with Gasteiger partial charge in [-0.05, 0) is 65.4 Å². The summed E-state index contributed by atoms with van der Waals surface area (Å²) in [6.07, 6.45) is -0.164. The predicted molar refractivity (Wildman–Crippen MR) is 129 cm³/mol. The Morgan fingerprint density at radius 3 is 1.75 bits per heavy atom. The molecule has 0 aliphatic carbocycles. The van der Waals surface area contributed by atoms with Crippen molar-refractivity contribution in [1.82, 2.24) is 0 Å². The van der Waals surface area contributed by atoms with Crippen LogP contribution < -0.4 is 19.3 Å². The summed E-state index contributed by atoms with van der Waals surface area (Å²) in [7, 11) is 3.35. The van der Waals surface area contributed by atoms with Gasteiger partial charge in [-0.3, -0.25) is 0 Å². The summed E-state index contributed by atoms with van der Waals surface area (Å²) in [4.78, 5) is 4.68. The minimum Gasteiger partial charge on any atom is -0.507 e. The Balaban J connectivity index is 1.66. The Bertz CT molecular complexity index is 1170. The van der Waals surface area contributed by atoms with Crippen LogP contribution in [0.5, 0.6) is 17.2 Å². The second-order valence-electron chi connectivity index (χ2n) is 7.88. The first-order valence-corrected chi connectivity index (χ1v) is 10.7. The lowest BCUT2D eigenvalue weighted by atomic mass is 9.99. The third-order valence-corrected chi connectivity index (χ3v) is 6.19. The van der Waals surface area contributed by atoms with Crippen LogP contribution >= 0.6 is 0 Å². The monoisotopic (exact) mass is 426 g/mol. The number of nitrogens with zero attached hydrogens (tertiary/aromatic N) is 2. The molecule has 1 fully saturated rings. The summed E-state index contributed by atoms with van der Waals surface area (Å²) in [5.74, 6) is 1.95. The van der Waals surface area contributed by atoms with Gasteiger partial charge < -0.3 is 24.4 Å². The van der Waals surface area contributed by atoms with Crippen molar-refractivity contribution < 1.29 is 14.6 Å². The van der Waals surface area contributed by atoms with Gasteiger partial charge in [0.15, 0.2) is 0 Å². The highest BCUT2D eigenvalue weighted by atomic mass is 16.5. The van der Waals surface area contributed by atoms with E-state index in [1.165, 1.54) is 0 Å². The van der Waals surface area contributed by atoms with Crippen LogP contribution in [-0.2, 0) is 0 Å². The molecule has 0 spiro atoms. The molecule has 0 radical (unpaired) electrons. The second kappa shape index (κ2) is 8.35. The summed E-state index contributed by atoms with van der Waals surface area (Å²) in [6.45, 7) is 1.65. The minimum absolute atomic E-state index is 0.164. The summed E-state index contributed by atoms with van der Waals surface area (Å²) in [5.41, 5.74) is 3.07. The first-order valence-electron chi connectivity index (χ1n) is 10.7. The van der Waals surface area contributed by atoms with Crippen molar-refractivity contribution in [1.29, 1.82) is 0 Å². The number of rotatable bonds is 5. The molecule has 1 saturated heterocycles. The Hall–Kier alpha value is -3.86. The van der Waals surface area contributed by atoms with Gasteiger partial charge in [-0.2, -0.15) is 0 Å². The van der Waals surface area contributed by atoms with E-state index in [-0.39, 0.29) is 6.17 Å². The number of aromatic hydroxyl groups is 1. The van der Waals surface area contributed by atoms with Gasteiger partial charge in [0.25, 0.3) is 0 Å². The molecule has 0 saturated carbocycles. The van der Waals surface area contributed by atoms with E-state index in [0.29, 0.717) is 5.75 Å². The molecule has 1 aliphatic heterocycles. The molecule has 32 heavy (non-hydrogen) atoms. The lowest BCUT2D eigenvalue weighted by Gasteiger charge is -2.34. The normalized spacial score (nSPS) is 14.2. The first kappa shape index (κ1) is 20.1. The Morgan fingerprint density at radius 1 is 0.688 bits per heavy atom. The van der Waals surface area contributed by atoms with Crippen molar-refractivity contribution in [3.05, 3.63) is 90.5 Å². The third-order valence-electron chi connectivity index (χ3n) is 6.19. The average molecular weight is 427 g/mol. The van der Waals surface area contributed by atoms with Crippen LogP contribution in [0.1, 0.15) is 11.7 Å². The quantitative estimate of drug-likeness (QED) is 0.451. The maximum absolute atomic E-state index is 11.1. The van der Waals surface area contributed by atoms with E-state index in [1.54, 1.807) is 20.3 Å². The standard InChI is InChI=1S/C27H26N2O3/c1-31-22-12-8-20(9-13-22)28-17-18-29(21-10-14-23(32-2)15-11-21)27(28)26-24-6-4-3-5-19(24)7-16-25(26)30/h3-16,27,30H,17-18H2,1-2H3. The number of hydrogen-bond acceptors (Lipinski definition) is 5. The summed E-state index contributed by atoms with van der Waals surface area (Å²) < 4.78 is 10.7. The molecule has 0 atom stereocenters. The molecular formula is C27H26N2O3. The van der Waals surface area contributed by atoms with Crippen LogP contribution in [0.2, 0.25) is 0 Å². The average Bonchev–Trinajstić information content (AvgIpc) is 3.28. The zero-order valence-electron chi connectivity index (χ0n) is 18.2. The van der Waals surface area contributed by atoms with Crippen molar-refractivity contribution in [3.8, 4) is 17.2 Å². The highest BCUT2D eigenvalue weighted by molar-refractivity contribution is 5.89. The van der Waals surface area contributed by atoms with Gasteiger partial charge in [0.1, 0.15) is 23.4 Å². The fourth-order valence-corrected chi connectivity index (χ4v) is 4.58. The molecule has 5 nitrogen and oxygen atoms in total. The number of ether oxygens (including phenoxy) is 2. The van der Waals surface area contributed by atoms with Crippen molar-refractivity contribution in [3.63, 3.8) is 0 Å². The maximum atomic E-state index is 11.1. The molecule has 4 aromatic carbocycles. The van der Waals surface area contributed by atoms with E-state index in [9.17, 15) is 5.11 Å². The van der Waals surface area contributed by atoms with E-state index < -0.39 is 0 Å². The lowest BCUT2D eigenvalue weighted by molar-refractivity contribution is 0.414. The van der Waals surface area contributed by atoms with Gasteiger partial charge in [-0.1, -0.05) is 30.3 Å². The molecule has 4 aromatic rings. The van der Waals surface area contributed by atoms with Crippen LogP contribution in [0.15, 0.2) is 84.9 Å². The van der Waals surface area contributed by atoms with Crippen molar-refractivity contribution in [2.24, 2.45) is 0 Å². The first-order chi connectivity index (χ1) is 15.7. The van der Waals surface area contributed by atoms with E-state index in [1.807, 2.05) is 42.5 Å². The van der Waals surface area contributed by atoms with Crippen LogP contribution in [0.4, 0.5) is 11.4 Å². The molecule has 1 heterocycles. The molecule has 1 N–H and O–H groups in total. The third kappa shape index (κ3) is 3.46. The number of phenolic OH excluding ortho intramolecular Hbond substituents is 1. The van der Waals surface area contributed by atoms with E-state index >= 15 is 0 Å². The number of fused-ring (bicyclic) bond motifs is 1. The molecule has 5 heteroatoms. The minimum atomic E-state index is -0.164. The highest BCUT2D eigenvalue weighted by Gasteiger charge is 2.36. The number of benzene rings is 4. The molecule has 1 aliphatic rings. The van der Waals surface area contributed by atoms with Gasteiger partial charge in [0.05, 0.1) is 14.2 Å². The zero-order valence-corrected chi connectivity index (χ0v) is 18.2. The number of phenols is 1. The summed E-state index contributed by atoms with van der Waals surface area (Å²) >= 11 is 0. The van der Waals surface area contributed by atoms with Gasteiger partial charge >= 0.3 is 0 Å². The zero-order chi connectivity index (χ0) is 22.1. The molecule has 0 aromatic heterocycles. The molecular weight excluding hydrogens is 400 g/mol. The Kier molecular flexibility index (Phi) is 5.23. The van der Waals surface area contributed by atoms with E-state index in [0.717, 1.165) is 52.3 Å². The van der Waals surface area contributed by atoms with Crippen LogP contribution in [0.3, 0.4) is 0 Å². The van der Waals surface area contributed by atoms with Crippen molar-refractivity contribution >= 4 is 22.1 Å². The maximum Gasteiger partial charge on any atom is 0.132 e. The second-order valence-corrected chi connectivity index (χ2v) is 7.88. The van der Waals surface area contributed by atoms with Gasteiger partial charge in [0.2, 0.25) is 0 Å². The molecule has 0 amide bonds. The molecule has 5 rings (SSSR count). The number of hydrogen-bond donors (Lipinski definition) is 1. The Morgan fingerprint density at radius 2 is 1.22 bits per heavy atom. The van der Waals surface area contributed by atoms with Crippen LogP contribution in [0, 0.1) is 0 Å². The van der Waals surface area contributed by atoms with Gasteiger partial charge in [-0.25, -0.2) is 0 Å².